The highest BCUT2D eigenvalue weighted by molar-refractivity contribution is 5.46. The molecule has 0 aliphatic heterocycles. The predicted octanol–water partition coefficient (Wildman–Crippen LogP) is 4.01. The van der Waals surface area contributed by atoms with Crippen LogP contribution in [0, 0.1) is 5.92 Å². The van der Waals surface area contributed by atoms with Crippen molar-refractivity contribution in [1.29, 1.82) is 0 Å². The maximum atomic E-state index is 6.04. The van der Waals surface area contributed by atoms with Crippen LogP contribution in [0.3, 0.4) is 0 Å². The fourth-order valence-corrected chi connectivity index (χ4v) is 1.88. The number of hydrogen-bond donors (Lipinski definition) is 1. The van der Waals surface area contributed by atoms with Gasteiger partial charge in [-0.1, -0.05) is 39.3 Å². The van der Waals surface area contributed by atoms with E-state index in [9.17, 15) is 0 Å². The molecule has 114 valence electrons. The number of ether oxygens (including phenoxy) is 2. The molecule has 3 nitrogen and oxygen atoms in total. The number of benzene rings is 1. The van der Waals surface area contributed by atoms with E-state index in [2.05, 4.69) is 32.2 Å². The first-order valence-corrected chi connectivity index (χ1v) is 7.81. The van der Waals surface area contributed by atoms with E-state index in [0.29, 0.717) is 12.5 Å². The van der Waals surface area contributed by atoms with Crippen LogP contribution in [0.1, 0.15) is 46.1 Å². The third-order valence-electron chi connectivity index (χ3n) is 3.31. The van der Waals surface area contributed by atoms with Crippen LogP contribution in [0.5, 0.6) is 11.5 Å². The lowest BCUT2D eigenvalue weighted by Crippen LogP contribution is -2.16. The zero-order valence-corrected chi connectivity index (χ0v) is 13.4. The Morgan fingerprint density at radius 2 is 1.95 bits per heavy atom. The van der Waals surface area contributed by atoms with Crippen molar-refractivity contribution in [2.45, 2.75) is 47.1 Å². The predicted molar refractivity (Wildman–Crippen MR) is 84.6 cm³/mol. The van der Waals surface area contributed by atoms with Gasteiger partial charge in [-0.25, -0.2) is 0 Å². The third kappa shape index (κ3) is 5.41. The number of hydrogen-bond acceptors (Lipinski definition) is 3. The Morgan fingerprint density at radius 3 is 2.60 bits per heavy atom. The topological polar surface area (TPSA) is 30.5 Å². The molecule has 0 radical (unpaired) electrons. The fourth-order valence-electron chi connectivity index (χ4n) is 1.88. The minimum absolute atomic E-state index is 0.557. The van der Waals surface area contributed by atoms with Crippen LogP contribution >= 0.6 is 0 Å². The molecule has 0 aliphatic carbocycles. The van der Waals surface area contributed by atoms with E-state index < -0.39 is 0 Å². The summed E-state index contributed by atoms with van der Waals surface area (Å²) in [6.45, 7) is 11.8. The molecular formula is C17H29NO2. The van der Waals surface area contributed by atoms with E-state index in [-0.39, 0.29) is 0 Å². The third-order valence-corrected chi connectivity index (χ3v) is 3.31. The molecule has 0 spiro atoms. The summed E-state index contributed by atoms with van der Waals surface area (Å²) >= 11 is 0. The Hall–Kier alpha value is -1.22. The standard InChI is InChI=1S/C17H29NO2/c1-5-11-18-12-15-9-8-10-16(19-7-3)17(15)20-13-14(4)6-2/h8-10,14,18H,5-7,11-13H2,1-4H3. The summed E-state index contributed by atoms with van der Waals surface area (Å²) < 4.78 is 11.7. The van der Waals surface area contributed by atoms with Gasteiger partial charge in [-0.05, 0) is 31.9 Å². The van der Waals surface area contributed by atoms with Crippen molar-refractivity contribution >= 4 is 0 Å². The summed E-state index contributed by atoms with van der Waals surface area (Å²) in [5, 5.41) is 3.43. The van der Waals surface area contributed by atoms with Crippen molar-refractivity contribution in [2.75, 3.05) is 19.8 Å². The van der Waals surface area contributed by atoms with Crippen LogP contribution in [0.15, 0.2) is 18.2 Å². The summed E-state index contributed by atoms with van der Waals surface area (Å²) in [5.74, 6) is 2.31. The van der Waals surface area contributed by atoms with E-state index in [1.54, 1.807) is 0 Å². The molecule has 0 fully saturated rings. The van der Waals surface area contributed by atoms with Gasteiger partial charge in [0.25, 0.3) is 0 Å². The molecule has 1 unspecified atom stereocenters. The Bertz CT molecular complexity index is 379. The molecular weight excluding hydrogens is 250 g/mol. The van der Waals surface area contributed by atoms with Crippen LogP contribution < -0.4 is 14.8 Å². The van der Waals surface area contributed by atoms with Gasteiger partial charge in [-0.2, -0.15) is 0 Å². The van der Waals surface area contributed by atoms with Crippen molar-refractivity contribution in [1.82, 2.24) is 5.32 Å². The summed E-state index contributed by atoms with van der Waals surface area (Å²) in [4.78, 5) is 0. The van der Waals surface area contributed by atoms with E-state index in [1.165, 1.54) is 5.56 Å². The van der Waals surface area contributed by atoms with Crippen molar-refractivity contribution < 1.29 is 9.47 Å². The lowest BCUT2D eigenvalue weighted by molar-refractivity contribution is 0.235. The number of para-hydroxylation sites is 1. The van der Waals surface area contributed by atoms with Crippen molar-refractivity contribution in [3.63, 3.8) is 0 Å². The summed E-state index contributed by atoms with van der Waals surface area (Å²) in [5.41, 5.74) is 1.17. The van der Waals surface area contributed by atoms with Crippen LogP contribution in [0.25, 0.3) is 0 Å². The second-order valence-electron chi connectivity index (χ2n) is 5.18. The van der Waals surface area contributed by atoms with E-state index in [4.69, 9.17) is 9.47 Å². The van der Waals surface area contributed by atoms with Crippen LogP contribution in [-0.4, -0.2) is 19.8 Å². The summed E-state index contributed by atoms with van der Waals surface area (Å²) in [6, 6.07) is 6.12. The Balaban J connectivity index is 2.81. The van der Waals surface area contributed by atoms with Crippen molar-refractivity contribution in [3.05, 3.63) is 23.8 Å². The SMILES string of the molecule is CCCNCc1cccc(OCC)c1OCC(C)CC. The van der Waals surface area contributed by atoms with Gasteiger partial charge in [0.1, 0.15) is 0 Å². The lowest BCUT2D eigenvalue weighted by Gasteiger charge is -2.18. The Morgan fingerprint density at radius 1 is 1.15 bits per heavy atom. The van der Waals surface area contributed by atoms with Crippen LogP contribution in [-0.2, 0) is 6.54 Å². The largest absolute Gasteiger partial charge is 0.490 e. The molecule has 0 heterocycles. The Labute approximate surface area is 123 Å². The van der Waals surface area contributed by atoms with Crippen LogP contribution in [0.2, 0.25) is 0 Å². The van der Waals surface area contributed by atoms with Gasteiger partial charge in [0.2, 0.25) is 0 Å². The molecule has 1 rings (SSSR count). The minimum Gasteiger partial charge on any atom is -0.490 e. The first-order chi connectivity index (χ1) is 9.72. The lowest BCUT2D eigenvalue weighted by atomic mass is 10.1. The summed E-state index contributed by atoms with van der Waals surface area (Å²) in [7, 11) is 0. The van der Waals surface area contributed by atoms with E-state index in [0.717, 1.165) is 44.0 Å². The number of rotatable bonds is 10. The molecule has 3 heteroatoms. The Kier molecular flexibility index (Phi) is 8.12. The maximum Gasteiger partial charge on any atom is 0.165 e. The highest BCUT2D eigenvalue weighted by Gasteiger charge is 2.12. The summed E-state index contributed by atoms with van der Waals surface area (Å²) in [6.07, 6.45) is 2.26. The van der Waals surface area contributed by atoms with Gasteiger partial charge in [0, 0.05) is 12.1 Å². The zero-order chi connectivity index (χ0) is 14.8. The minimum atomic E-state index is 0.557. The number of nitrogens with one attached hydrogen (secondary N) is 1. The average Bonchev–Trinajstić information content (AvgIpc) is 2.46. The molecule has 1 aromatic rings. The van der Waals surface area contributed by atoms with Gasteiger partial charge < -0.3 is 14.8 Å². The molecule has 1 atom stereocenters. The van der Waals surface area contributed by atoms with E-state index in [1.807, 2.05) is 19.1 Å². The second-order valence-corrected chi connectivity index (χ2v) is 5.18. The molecule has 1 aromatic carbocycles. The van der Waals surface area contributed by atoms with Gasteiger partial charge in [-0.3, -0.25) is 0 Å². The highest BCUT2D eigenvalue weighted by Crippen LogP contribution is 2.32. The molecule has 1 N–H and O–H groups in total. The first kappa shape index (κ1) is 16.8. The second kappa shape index (κ2) is 9.65. The molecule has 20 heavy (non-hydrogen) atoms. The molecule has 0 saturated carbocycles. The van der Waals surface area contributed by atoms with Gasteiger partial charge in [-0.15, -0.1) is 0 Å². The monoisotopic (exact) mass is 279 g/mol. The molecule has 0 aromatic heterocycles. The van der Waals surface area contributed by atoms with Crippen LogP contribution in [0.4, 0.5) is 0 Å². The van der Waals surface area contributed by atoms with E-state index >= 15 is 0 Å². The van der Waals surface area contributed by atoms with Crippen molar-refractivity contribution in [3.8, 4) is 11.5 Å². The molecule has 0 saturated heterocycles. The molecule has 0 bridgehead atoms. The molecule has 0 amide bonds. The first-order valence-electron chi connectivity index (χ1n) is 7.81. The smallest absolute Gasteiger partial charge is 0.165 e. The highest BCUT2D eigenvalue weighted by atomic mass is 16.5. The maximum absolute atomic E-state index is 6.04. The average molecular weight is 279 g/mol. The van der Waals surface area contributed by atoms with Gasteiger partial charge in [0.15, 0.2) is 11.5 Å². The fraction of sp³-hybridized carbons (Fsp3) is 0.647. The zero-order valence-electron chi connectivity index (χ0n) is 13.4. The van der Waals surface area contributed by atoms with Gasteiger partial charge >= 0.3 is 0 Å². The van der Waals surface area contributed by atoms with Crippen molar-refractivity contribution in [2.24, 2.45) is 5.92 Å². The van der Waals surface area contributed by atoms with Gasteiger partial charge in [0.05, 0.1) is 13.2 Å². The quantitative estimate of drug-likeness (QED) is 0.656. The normalized spacial score (nSPS) is 12.2. The molecule has 0 aliphatic rings.